The van der Waals surface area contributed by atoms with Crippen molar-refractivity contribution in [2.45, 2.75) is 141 Å². The highest BCUT2D eigenvalue weighted by Gasteiger charge is 2.81. The van der Waals surface area contributed by atoms with Gasteiger partial charge in [0.1, 0.15) is 59.4 Å². The van der Waals surface area contributed by atoms with Gasteiger partial charge >= 0.3 is 11.9 Å². The van der Waals surface area contributed by atoms with Gasteiger partial charge in [-0.15, -0.1) is 0 Å². The van der Waals surface area contributed by atoms with Gasteiger partial charge in [-0.1, -0.05) is 35.5 Å². The van der Waals surface area contributed by atoms with Gasteiger partial charge in [0.25, 0.3) is 0 Å². The van der Waals surface area contributed by atoms with Crippen LogP contribution in [0.25, 0.3) is 6.08 Å². The van der Waals surface area contributed by atoms with Crippen LogP contribution in [-0.4, -0.2) is 135 Å². The Hall–Kier alpha value is -5.50. The molecule has 5 unspecified atom stereocenters. The molecule has 4 bridgehead atoms. The number of ketones is 2. The first-order valence-corrected chi connectivity index (χ1v) is 24.5. The zero-order chi connectivity index (χ0) is 52.1. The Morgan fingerprint density at radius 1 is 0.861 bits per heavy atom. The maximum atomic E-state index is 15.8. The van der Waals surface area contributed by atoms with E-state index in [-0.39, 0.29) is 84.6 Å². The standard InChI is InChI=1S/C55H66O17/c1-29(2)10-9-19-53(8)20-18-36-45(70-53)35(16-11-30(3)4)47-40(46(36)69-50(64)32-12-14-34(15-13-32)67-51-44(61)43(60)42(59)38(28-57)68-51)41(58)37-26-33-27-39-52(6,7)72-54(48(33)62,55(37,39)71-47)21-17-31(5)49(63)66-25-24-65-23-22-56/h10-15,17-18,20,26,33,38-39,42-44,51,56-57,59-61H,9,16,19,21-25,27-28H2,1-8H3/b31-17-/t33?,38-,39?,42-,43+,44-,51-,53?,54?,55?/m1/s1. The topological polar surface area (TPSA) is 243 Å². The molecule has 2 saturated heterocycles. The molecule has 0 aromatic heterocycles. The van der Waals surface area contributed by atoms with Gasteiger partial charge in [-0.05, 0) is 117 Å². The number of benzene rings is 2. The van der Waals surface area contributed by atoms with Crippen LogP contribution in [0, 0.1) is 11.8 Å². The van der Waals surface area contributed by atoms with Crippen molar-refractivity contribution in [3.63, 3.8) is 0 Å². The summed E-state index contributed by atoms with van der Waals surface area (Å²) in [7, 11) is 0. The number of aliphatic hydroxyl groups is 5. The number of aliphatic hydroxyl groups excluding tert-OH is 5. The van der Waals surface area contributed by atoms with Crippen LogP contribution >= 0.6 is 0 Å². The lowest BCUT2D eigenvalue weighted by atomic mass is 9.51. The molecule has 4 heterocycles. The predicted octanol–water partition coefficient (Wildman–Crippen LogP) is 5.40. The number of hydrogen-bond donors (Lipinski definition) is 5. The second-order valence-corrected chi connectivity index (χ2v) is 20.6. The van der Waals surface area contributed by atoms with Crippen molar-refractivity contribution in [1.29, 1.82) is 0 Å². The van der Waals surface area contributed by atoms with Crippen molar-refractivity contribution in [3.05, 3.63) is 99.2 Å². The second kappa shape index (κ2) is 20.4. The zero-order valence-electron chi connectivity index (χ0n) is 42.0. The van der Waals surface area contributed by atoms with Crippen molar-refractivity contribution in [2.75, 3.05) is 33.0 Å². The van der Waals surface area contributed by atoms with Crippen LogP contribution in [0.1, 0.15) is 113 Å². The lowest BCUT2D eigenvalue weighted by Crippen LogP contribution is -2.72. The summed E-state index contributed by atoms with van der Waals surface area (Å²) < 4.78 is 49.7. The van der Waals surface area contributed by atoms with Gasteiger partial charge in [0.2, 0.25) is 6.29 Å². The number of hydrogen-bond acceptors (Lipinski definition) is 17. The highest BCUT2D eigenvalue weighted by molar-refractivity contribution is 6.19. The van der Waals surface area contributed by atoms with E-state index in [1.807, 2.05) is 60.6 Å². The van der Waals surface area contributed by atoms with E-state index in [0.29, 0.717) is 36.1 Å². The van der Waals surface area contributed by atoms with Gasteiger partial charge < -0.3 is 63.4 Å². The molecule has 2 aromatic carbocycles. The minimum absolute atomic E-state index is 0.0345. The molecule has 3 aliphatic carbocycles. The molecule has 388 valence electrons. The summed E-state index contributed by atoms with van der Waals surface area (Å²) in [5, 5.41) is 49.7. The molecule has 1 saturated carbocycles. The molecule has 3 fully saturated rings. The lowest BCUT2D eigenvalue weighted by molar-refractivity contribution is -0.277. The third-order valence-corrected chi connectivity index (χ3v) is 14.5. The summed E-state index contributed by atoms with van der Waals surface area (Å²) in [6.45, 7) is 14.5. The Morgan fingerprint density at radius 3 is 2.26 bits per heavy atom. The van der Waals surface area contributed by atoms with E-state index >= 15 is 9.59 Å². The molecular weight excluding hydrogens is 933 g/mol. The highest BCUT2D eigenvalue weighted by atomic mass is 16.7. The summed E-state index contributed by atoms with van der Waals surface area (Å²) in [6.07, 6.45) is 5.13. The third kappa shape index (κ3) is 9.38. The van der Waals surface area contributed by atoms with E-state index < -0.39 is 89.3 Å². The largest absolute Gasteiger partial charge is 0.482 e. The quantitative estimate of drug-likeness (QED) is 0.0413. The monoisotopic (exact) mass is 998 g/mol. The van der Waals surface area contributed by atoms with Gasteiger partial charge in [0.15, 0.2) is 28.5 Å². The van der Waals surface area contributed by atoms with E-state index in [4.69, 9.17) is 43.0 Å². The average Bonchev–Trinajstić information content (AvgIpc) is 3.49. The summed E-state index contributed by atoms with van der Waals surface area (Å²) in [5.41, 5.74) is -2.04. The predicted molar refractivity (Wildman–Crippen MR) is 260 cm³/mol. The van der Waals surface area contributed by atoms with Gasteiger partial charge in [-0.2, -0.15) is 0 Å². The molecule has 0 radical (unpaired) electrons. The lowest BCUT2D eigenvalue weighted by Gasteiger charge is -2.56. The van der Waals surface area contributed by atoms with E-state index in [2.05, 4.69) is 6.08 Å². The number of Topliss-reactive ketones (excluding diaryl/α,β-unsaturated/α-hetero) is 2. The Labute approximate surface area is 418 Å². The number of ether oxygens (including phenoxy) is 8. The Balaban J connectivity index is 1.23. The average molecular weight is 999 g/mol. The fraction of sp³-hybridized carbons (Fsp3) is 0.527. The summed E-state index contributed by atoms with van der Waals surface area (Å²) in [5.74, 6) is -3.20. The van der Waals surface area contributed by atoms with Crippen LogP contribution in [0.15, 0.2) is 76.9 Å². The van der Waals surface area contributed by atoms with Crippen LogP contribution < -0.4 is 18.9 Å². The SMILES string of the molecule is CC(C)=CCCC1(C)C=Cc2c(c(CC=C(C)C)c3c(c2OC(=O)c2ccc(O[C@@H]4O[C@H](CO)[C@@H](O)[C@H](O)[C@H]4O)cc2)C(=O)C2=CC4CC5C(C)(C)OC(C/C=C(/C)C(=O)OCCOCCO)(C4=O)C25O3)O1. The van der Waals surface area contributed by atoms with Crippen molar-refractivity contribution in [3.8, 4) is 23.0 Å². The van der Waals surface area contributed by atoms with Crippen LogP contribution in [0.4, 0.5) is 0 Å². The van der Waals surface area contributed by atoms with E-state index in [0.717, 1.165) is 11.1 Å². The molecule has 72 heavy (non-hydrogen) atoms. The van der Waals surface area contributed by atoms with Crippen LogP contribution in [0.3, 0.4) is 0 Å². The Morgan fingerprint density at radius 2 is 1.58 bits per heavy atom. The maximum absolute atomic E-state index is 15.8. The molecule has 0 amide bonds. The molecular formula is C55H66O17. The minimum Gasteiger partial charge on any atom is -0.482 e. The number of carbonyl (C=O) groups excluding carboxylic acids is 4. The fourth-order valence-electron chi connectivity index (χ4n) is 10.9. The summed E-state index contributed by atoms with van der Waals surface area (Å²) in [6, 6.07) is 5.61. The van der Waals surface area contributed by atoms with Gasteiger partial charge in [-0.3, -0.25) is 9.59 Å². The number of fused-ring (bicyclic) bond motifs is 2. The van der Waals surface area contributed by atoms with E-state index in [1.165, 1.54) is 24.3 Å². The molecule has 10 atom stereocenters. The first kappa shape index (κ1) is 52.8. The normalized spacial score (nSPS) is 30.5. The number of esters is 2. The van der Waals surface area contributed by atoms with Crippen LogP contribution in [0.5, 0.6) is 23.0 Å². The van der Waals surface area contributed by atoms with Crippen LogP contribution in [0.2, 0.25) is 0 Å². The van der Waals surface area contributed by atoms with Crippen molar-refractivity contribution >= 4 is 29.6 Å². The molecule has 17 heteroatoms. The molecule has 9 rings (SSSR count). The van der Waals surface area contributed by atoms with Gasteiger partial charge in [-0.25, -0.2) is 9.59 Å². The number of allylic oxidation sites excluding steroid dienone is 5. The number of carbonyl (C=O) groups is 4. The van der Waals surface area contributed by atoms with Gasteiger partial charge in [0, 0.05) is 35.0 Å². The third-order valence-electron chi connectivity index (χ3n) is 14.5. The fourth-order valence-corrected chi connectivity index (χ4v) is 10.9. The summed E-state index contributed by atoms with van der Waals surface area (Å²) in [4.78, 5) is 58.5. The van der Waals surface area contributed by atoms with Crippen molar-refractivity contribution < 1.29 is 82.6 Å². The maximum Gasteiger partial charge on any atom is 0.343 e. The first-order chi connectivity index (χ1) is 34.1. The van der Waals surface area contributed by atoms with Gasteiger partial charge in [0.05, 0.1) is 43.2 Å². The minimum atomic E-state index is -1.78. The van der Waals surface area contributed by atoms with Crippen molar-refractivity contribution in [2.24, 2.45) is 11.8 Å². The molecule has 7 aliphatic rings. The Bertz CT molecular complexity index is 2630. The molecule has 4 aliphatic heterocycles. The zero-order valence-corrected chi connectivity index (χ0v) is 42.0. The molecule has 2 aromatic rings. The van der Waals surface area contributed by atoms with Crippen LogP contribution in [-0.2, 0) is 35.0 Å². The van der Waals surface area contributed by atoms with E-state index in [1.54, 1.807) is 25.2 Å². The first-order valence-electron chi connectivity index (χ1n) is 24.5. The van der Waals surface area contributed by atoms with E-state index in [9.17, 15) is 30.0 Å². The second-order valence-electron chi connectivity index (χ2n) is 20.6. The summed E-state index contributed by atoms with van der Waals surface area (Å²) >= 11 is 0. The molecule has 5 N–H and O–H groups in total. The number of rotatable bonds is 18. The molecule has 1 spiro atoms. The molecule has 17 nitrogen and oxygen atoms in total. The highest BCUT2D eigenvalue weighted by Crippen LogP contribution is 2.69. The smallest absolute Gasteiger partial charge is 0.343 e. The Kier molecular flexibility index (Phi) is 15.0. The van der Waals surface area contributed by atoms with Crippen molar-refractivity contribution in [1.82, 2.24) is 0 Å².